The Morgan fingerprint density at radius 1 is 0.929 bits per heavy atom. The van der Waals surface area contributed by atoms with Crippen LogP contribution in [0.5, 0.6) is 0 Å². The number of anilines is 1. The molecule has 0 unspecified atom stereocenters. The fourth-order valence-corrected chi connectivity index (χ4v) is 2.95. The monoisotopic (exact) mass is 372 g/mol. The molecule has 0 bridgehead atoms. The lowest BCUT2D eigenvalue weighted by Gasteiger charge is -2.14. The predicted molar refractivity (Wildman–Crippen MR) is 108 cm³/mol. The molecule has 0 radical (unpaired) electrons. The number of nitrogen functional groups attached to an aromatic ring is 1. The Bertz CT molecular complexity index is 1090. The first kappa shape index (κ1) is 17.8. The maximum Gasteiger partial charge on any atom is 0.270 e. The van der Waals surface area contributed by atoms with Crippen LogP contribution in [0, 0.1) is 0 Å². The Balaban J connectivity index is 1.74. The lowest BCUT2D eigenvalue weighted by Crippen LogP contribution is -2.11. The fourth-order valence-electron chi connectivity index (χ4n) is 2.95. The Morgan fingerprint density at radius 3 is 2.43 bits per heavy atom. The Hall–Kier alpha value is -3.58. The second-order valence-electron chi connectivity index (χ2n) is 6.66. The third-order valence-electron chi connectivity index (χ3n) is 4.23. The molecule has 0 saturated carbocycles. The largest absolute Gasteiger partial charge is 0.414 e. The lowest BCUT2D eigenvalue weighted by atomic mass is 10.0. The number of benzene rings is 2. The molecule has 0 fully saturated rings. The van der Waals surface area contributed by atoms with Gasteiger partial charge >= 0.3 is 0 Å². The average Bonchev–Trinajstić information content (AvgIpc) is 3.19. The molecule has 0 aliphatic carbocycles. The van der Waals surface area contributed by atoms with Crippen molar-refractivity contribution in [3.8, 4) is 34.3 Å². The Labute approximate surface area is 162 Å². The molecular weight excluding hydrogens is 352 g/mol. The summed E-state index contributed by atoms with van der Waals surface area (Å²) in [6, 6.07) is 17.6. The van der Waals surface area contributed by atoms with Crippen LogP contribution in [0.25, 0.3) is 34.3 Å². The first-order valence-electron chi connectivity index (χ1n) is 8.86. The second-order valence-corrected chi connectivity index (χ2v) is 6.66. The molecule has 28 heavy (non-hydrogen) atoms. The van der Waals surface area contributed by atoms with Crippen LogP contribution in [0.2, 0.25) is 0 Å². The minimum absolute atomic E-state index is 0.246. The quantitative estimate of drug-likeness (QED) is 0.573. The molecule has 0 atom stereocenters. The van der Waals surface area contributed by atoms with E-state index >= 15 is 0 Å². The minimum atomic E-state index is 0.246. The highest BCUT2D eigenvalue weighted by molar-refractivity contribution is 5.70. The third kappa shape index (κ3) is 3.60. The van der Waals surface area contributed by atoms with E-state index in [9.17, 15) is 0 Å². The van der Waals surface area contributed by atoms with Gasteiger partial charge in [-0.3, -0.25) is 0 Å². The van der Waals surface area contributed by atoms with Crippen LogP contribution in [0.3, 0.4) is 0 Å². The van der Waals surface area contributed by atoms with Crippen LogP contribution in [0.4, 0.5) is 5.82 Å². The van der Waals surface area contributed by atoms with Crippen LogP contribution in [0.1, 0.15) is 5.56 Å². The minimum Gasteiger partial charge on any atom is -0.414 e. The van der Waals surface area contributed by atoms with Gasteiger partial charge in [0.25, 0.3) is 5.89 Å². The van der Waals surface area contributed by atoms with Crippen LogP contribution in [0.15, 0.2) is 65.2 Å². The summed E-state index contributed by atoms with van der Waals surface area (Å²) in [6.07, 6.45) is 1.67. The molecule has 140 valence electrons. The predicted octanol–water partition coefficient (Wildman–Crippen LogP) is 3.50. The maximum absolute atomic E-state index is 6.06. The van der Waals surface area contributed by atoms with E-state index in [-0.39, 0.29) is 11.7 Å². The van der Waals surface area contributed by atoms with Gasteiger partial charge in [-0.05, 0) is 31.8 Å². The average molecular weight is 372 g/mol. The van der Waals surface area contributed by atoms with Gasteiger partial charge in [-0.25, -0.2) is 9.97 Å². The first-order valence-corrected chi connectivity index (χ1v) is 8.86. The topological polar surface area (TPSA) is 94.0 Å². The number of nitrogens with zero attached hydrogens (tertiary/aromatic N) is 5. The van der Waals surface area contributed by atoms with Crippen molar-refractivity contribution < 1.29 is 4.42 Å². The zero-order valence-electron chi connectivity index (χ0n) is 15.7. The van der Waals surface area contributed by atoms with Crippen molar-refractivity contribution in [2.24, 2.45) is 0 Å². The maximum atomic E-state index is 6.06. The van der Waals surface area contributed by atoms with E-state index in [0.29, 0.717) is 17.3 Å². The summed E-state index contributed by atoms with van der Waals surface area (Å²) in [6.45, 7) is 0.788. The van der Waals surface area contributed by atoms with Crippen molar-refractivity contribution in [3.05, 3.63) is 66.4 Å². The van der Waals surface area contributed by atoms with Gasteiger partial charge in [-0.1, -0.05) is 42.5 Å². The molecule has 7 heteroatoms. The van der Waals surface area contributed by atoms with E-state index in [2.05, 4.69) is 31.1 Å². The number of aromatic nitrogens is 4. The van der Waals surface area contributed by atoms with Gasteiger partial charge in [0.05, 0.1) is 11.9 Å². The van der Waals surface area contributed by atoms with Crippen LogP contribution < -0.4 is 5.73 Å². The first-order chi connectivity index (χ1) is 13.6. The van der Waals surface area contributed by atoms with Crippen molar-refractivity contribution in [1.82, 2.24) is 25.1 Å². The summed E-state index contributed by atoms with van der Waals surface area (Å²) < 4.78 is 5.81. The highest BCUT2D eigenvalue weighted by atomic mass is 16.4. The Kier molecular flexibility index (Phi) is 4.82. The lowest BCUT2D eigenvalue weighted by molar-refractivity contribution is 0.403. The molecule has 2 heterocycles. The molecular formula is C21H20N6O. The van der Waals surface area contributed by atoms with Gasteiger partial charge in [-0.15, -0.1) is 10.2 Å². The van der Waals surface area contributed by atoms with E-state index in [1.807, 2.05) is 62.6 Å². The number of hydrogen-bond acceptors (Lipinski definition) is 7. The summed E-state index contributed by atoms with van der Waals surface area (Å²) in [4.78, 5) is 11.1. The van der Waals surface area contributed by atoms with Crippen molar-refractivity contribution in [2.45, 2.75) is 6.54 Å². The fraction of sp³-hybridized carbons (Fsp3) is 0.143. The van der Waals surface area contributed by atoms with Crippen LogP contribution in [-0.2, 0) is 6.54 Å². The highest BCUT2D eigenvalue weighted by Crippen LogP contribution is 2.29. The van der Waals surface area contributed by atoms with E-state index in [4.69, 9.17) is 10.2 Å². The standard InChI is InChI=1S/C21H20N6O/c1-27(2)13-15-10-6-7-11-16(15)17-12-23-19(22)18(24-17)21-26-25-20(28-21)14-8-4-3-5-9-14/h3-12H,13H2,1-2H3,(H2,22,23). The molecule has 0 spiro atoms. The molecule has 2 N–H and O–H groups in total. The molecule has 0 aliphatic heterocycles. The summed E-state index contributed by atoms with van der Waals surface area (Å²) in [5.74, 6) is 0.906. The highest BCUT2D eigenvalue weighted by Gasteiger charge is 2.17. The van der Waals surface area contributed by atoms with E-state index in [1.165, 1.54) is 0 Å². The van der Waals surface area contributed by atoms with E-state index in [0.717, 1.165) is 23.2 Å². The van der Waals surface area contributed by atoms with E-state index in [1.54, 1.807) is 6.20 Å². The smallest absolute Gasteiger partial charge is 0.270 e. The number of hydrogen-bond donors (Lipinski definition) is 1. The zero-order valence-corrected chi connectivity index (χ0v) is 15.7. The summed E-state index contributed by atoms with van der Waals surface area (Å²) in [5.41, 5.74) is 10.1. The van der Waals surface area contributed by atoms with Crippen molar-refractivity contribution in [3.63, 3.8) is 0 Å². The zero-order chi connectivity index (χ0) is 19.5. The van der Waals surface area contributed by atoms with Gasteiger partial charge < -0.3 is 15.1 Å². The molecule has 0 aliphatic rings. The normalized spacial score (nSPS) is 11.1. The Morgan fingerprint density at radius 2 is 1.64 bits per heavy atom. The number of nitrogens with two attached hydrogens (primary N) is 1. The van der Waals surface area contributed by atoms with Gasteiger partial charge in [-0.2, -0.15) is 0 Å². The third-order valence-corrected chi connectivity index (χ3v) is 4.23. The molecule has 4 aromatic rings. The van der Waals surface area contributed by atoms with Gasteiger partial charge in [0.2, 0.25) is 5.89 Å². The van der Waals surface area contributed by atoms with Crippen molar-refractivity contribution in [1.29, 1.82) is 0 Å². The van der Waals surface area contributed by atoms with E-state index < -0.39 is 0 Å². The van der Waals surface area contributed by atoms with Gasteiger partial charge in [0.1, 0.15) is 0 Å². The number of rotatable bonds is 5. The van der Waals surface area contributed by atoms with Crippen LogP contribution >= 0.6 is 0 Å². The van der Waals surface area contributed by atoms with Crippen molar-refractivity contribution >= 4 is 5.82 Å². The van der Waals surface area contributed by atoms with Crippen LogP contribution in [-0.4, -0.2) is 39.2 Å². The summed E-state index contributed by atoms with van der Waals surface area (Å²) >= 11 is 0. The second kappa shape index (κ2) is 7.58. The molecule has 7 nitrogen and oxygen atoms in total. The SMILES string of the molecule is CN(C)Cc1ccccc1-c1cnc(N)c(-c2nnc(-c3ccccc3)o2)n1. The van der Waals surface area contributed by atoms with Crippen molar-refractivity contribution in [2.75, 3.05) is 19.8 Å². The molecule has 2 aromatic carbocycles. The molecule has 2 aromatic heterocycles. The van der Waals surface area contributed by atoms with Gasteiger partial charge in [0.15, 0.2) is 11.5 Å². The summed E-state index contributed by atoms with van der Waals surface area (Å²) in [5, 5.41) is 8.24. The summed E-state index contributed by atoms with van der Waals surface area (Å²) in [7, 11) is 4.06. The molecule has 0 saturated heterocycles. The molecule has 0 amide bonds. The molecule has 4 rings (SSSR count). The van der Waals surface area contributed by atoms with Gasteiger partial charge in [0, 0.05) is 17.7 Å².